The largest absolute Gasteiger partial charge is 0.370 e. The number of nitrogens with zero attached hydrogens (tertiary/aromatic N) is 1. The number of benzene rings is 1. The van der Waals surface area contributed by atoms with Crippen molar-refractivity contribution in [3.63, 3.8) is 0 Å². The van der Waals surface area contributed by atoms with E-state index in [-0.39, 0.29) is 17.7 Å². The van der Waals surface area contributed by atoms with Crippen LogP contribution in [0.4, 0.5) is 0 Å². The number of rotatable bonds is 3. The molecule has 4 heteroatoms. The van der Waals surface area contributed by atoms with Gasteiger partial charge in [-0.2, -0.15) is 0 Å². The quantitative estimate of drug-likeness (QED) is 0.926. The SMILES string of the molecule is CC1CN(C(CN)c2ccc(Cl)cc2)CC(C)(C)O1. The van der Waals surface area contributed by atoms with E-state index in [1.54, 1.807) is 0 Å². The molecule has 2 rings (SSSR count). The molecule has 1 aromatic carbocycles. The minimum atomic E-state index is -0.127. The second-order valence-electron chi connectivity index (χ2n) is 5.92. The van der Waals surface area contributed by atoms with Crippen molar-refractivity contribution in [3.05, 3.63) is 34.9 Å². The number of hydrogen-bond donors (Lipinski definition) is 1. The van der Waals surface area contributed by atoms with Crippen LogP contribution in [0, 0.1) is 0 Å². The van der Waals surface area contributed by atoms with E-state index in [4.69, 9.17) is 22.1 Å². The topological polar surface area (TPSA) is 38.5 Å². The monoisotopic (exact) mass is 282 g/mol. The van der Waals surface area contributed by atoms with Gasteiger partial charge in [0.05, 0.1) is 11.7 Å². The van der Waals surface area contributed by atoms with Crippen molar-refractivity contribution in [2.24, 2.45) is 5.73 Å². The molecule has 1 aliphatic heterocycles. The highest BCUT2D eigenvalue weighted by Gasteiger charge is 2.34. The molecule has 0 aliphatic carbocycles. The lowest BCUT2D eigenvalue weighted by atomic mass is 9.99. The van der Waals surface area contributed by atoms with Crippen LogP contribution in [0.5, 0.6) is 0 Å². The number of nitrogens with two attached hydrogens (primary N) is 1. The van der Waals surface area contributed by atoms with Crippen molar-refractivity contribution < 1.29 is 4.74 Å². The van der Waals surface area contributed by atoms with Crippen LogP contribution in [0.1, 0.15) is 32.4 Å². The van der Waals surface area contributed by atoms with Crippen LogP contribution in [0.15, 0.2) is 24.3 Å². The standard InChI is InChI=1S/C15H23ClN2O/c1-11-9-18(10-15(2,3)19-11)14(8-17)12-4-6-13(16)7-5-12/h4-7,11,14H,8-10,17H2,1-3H3. The van der Waals surface area contributed by atoms with Crippen molar-refractivity contribution >= 4 is 11.6 Å². The van der Waals surface area contributed by atoms with Crippen molar-refractivity contribution in [3.8, 4) is 0 Å². The minimum absolute atomic E-state index is 0.127. The summed E-state index contributed by atoms with van der Waals surface area (Å²) in [5.74, 6) is 0. The molecule has 1 aromatic rings. The molecule has 2 atom stereocenters. The average Bonchev–Trinajstić information content (AvgIpc) is 2.30. The zero-order valence-corrected chi connectivity index (χ0v) is 12.7. The molecule has 1 fully saturated rings. The fourth-order valence-electron chi connectivity index (χ4n) is 2.92. The minimum Gasteiger partial charge on any atom is -0.370 e. The van der Waals surface area contributed by atoms with Gasteiger partial charge in [0.15, 0.2) is 0 Å². The molecule has 0 amide bonds. The highest BCUT2D eigenvalue weighted by atomic mass is 35.5. The Kier molecular flexibility index (Phi) is 4.51. The molecule has 19 heavy (non-hydrogen) atoms. The van der Waals surface area contributed by atoms with Gasteiger partial charge in [0.1, 0.15) is 0 Å². The summed E-state index contributed by atoms with van der Waals surface area (Å²) in [6, 6.07) is 8.20. The average molecular weight is 283 g/mol. The van der Waals surface area contributed by atoms with E-state index in [2.05, 4.69) is 37.8 Å². The lowest BCUT2D eigenvalue weighted by molar-refractivity contribution is -0.137. The summed E-state index contributed by atoms with van der Waals surface area (Å²) in [6.07, 6.45) is 0.227. The Hall–Kier alpha value is -0.610. The summed E-state index contributed by atoms with van der Waals surface area (Å²) in [5.41, 5.74) is 7.08. The lowest BCUT2D eigenvalue weighted by Gasteiger charge is -2.45. The molecule has 2 N–H and O–H groups in total. The first kappa shape index (κ1) is 14.8. The Labute approximate surface area is 120 Å². The Morgan fingerprint density at radius 3 is 2.58 bits per heavy atom. The third kappa shape index (κ3) is 3.69. The second kappa shape index (κ2) is 5.80. The summed E-state index contributed by atoms with van der Waals surface area (Å²) >= 11 is 5.95. The molecule has 3 nitrogen and oxygen atoms in total. The van der Waals surface area contributed by atoms with Gasteiger partial charge >= 0.3 is 0 Å². The number of hydrogen-bond acceptors (Lipinski definition) is 3. The Morgan fingerprint density at radius 1 is 1.42 bits per heavy atom. The molecule has 1 heterocycles. The molecule has 0 bridgehead atoms. The van der Waals surface area contributed by atoms with Gasteiger partial charge in [-0.1, -0.05) is 23.7 Å². The molecule has 0 spiro atoms. The Balaban J connectivity index is 2.19. The van der Waals surface area contributed by atoms with Crippen molar-refractivity contribution in [1.29, 1.82) is 0 Å². The zero-order valence-electron chi connectivity index (χ0n) is 11.9. The first-order chi connectivity index (χ1) is 8.91. The van der Waals surface area contributed by atoms with Crippen LogP contribution in [-0.2, 0) is 4.74 Å². The zero-order chi connectivity index (χ0) is 14.0. The van der Waals surface area contributed by atoms with Gasteiger partial charge in [0, 0.05) is 30.7 Å². The maximum absolute atomic E-state index is 5.99. The highest BCUT2D eigenvalue weighted by Crippen LogP contribution is 2.29. The normalized spacial score (nSPS) is 25.2. The van der Waals surface area contributed by atoms with Crippen LogP contribution < -0.4 is 5.73 Å². The van der Waals surface area contributed by atoms with E-state index in [0.717, 1.165) is 18.1 Å². The molecule has 106 valence electrons. The summed E-state index contributed by atoms with van der Waals surface area (Å²) < 4.78 is 5.95. The van der Waals surface area contributed by atoms with Crippen molar-refractivity contribution in [2.45, 2.75) is 38.5 Å². The first-order valence-electron chi connectivity index (χ1n) is 6.79. The Bertz CT molecular complexity index is 419. The predicted molar refractivity (Wildman–Crippen MR) is 79.4 cm³/mol. The highest BCUT2D eigenvalue weighted by molar-refractivity contribution is 6.30. The van der Waals surface area contributed by atoms with Crippen molar-refractivity contribution in [1.82, 2.24) is 4.90 Å². The second-order valence-corrected chi connectivity index (χ2v) is 6.36. The summed E-state index contributed by atoms with van der Waals surface area (Å²) in [5, 5.41) is 0.759. The summed E-state index contributed by atoms with van der Waals surface area (Å²) in [6.45, 7) is 8.78. The molecular formula is C15H23ClN2O. The molecule has 0 radical (unpaired) electrons. The number of morpholine rings is 1. The maximum atomic E-state index is 5.99. The fourth-order valence-corrected chi connectivity index (χ4v) is 3.05. The van der Waals surface area contributed by atoms with E-state index >= 15 is 0 Å². The first-order valence-corrected chi connectivity index (χ1v) is 7.16. The van der Waals surface area contributed by atoms with E-state index in [1.165, 1.54) is 5.56 Å². The maximum Gasteiger partial charge on any atom is 0.0757 e. The number of ether oxygens (including phenoxy) is 1. The van der Waals surface area contributed by atoms with Crippen LogP contribution in [-0.4, -0.2) is 36.2 Å². The molecular weight excluding hydrogens is 260 g/mol. The third-order valence-corrected chi connectivity index (χ3v) is 3.77. The van der Waals surface area contributed by atoms with Gasteiger partial charge < -0.3 is 10.5 Å². The van der Waals surface area contributed by atoms with E-state index in [1.807, 2.05) is 12.1 Å². The summed E-state index contributed by atoms with van der Waals surface area (Å²) in [4.78, 5) is 2.41. The van der Waals surface area contributed by atoms with Crippen LogP contribution in [0.2, 0.25) is 5.02 Å². The predicted octanol–water partition coefficient (Wildman–Crippen LogP) is 2.84. The molecule has 1 aliphatic rings. The molecule has 1 saturated heterocycles. The van der Waals surface area contributed by atoms with Gasteiger partial charge in [-0.05, 0) is 38.5 Å². The summed E-state index contributed by atoms with van der Waals surface area (Å²) in [7, 11) is 0. The van der Waals surface area contributed by atoms with Crippen LogP contribution >= 0.6 is 11.6 Å². The van der Waals surface area contributed by atoms with Crippen LogP contribution in [0.3, 0.4) is 0 Å². The van der Waals surface area contributed by atoms with Gasteiger partial charge in [0.25, 0.3) is 0 Å². The van der Waals surface area contributed by atoms with E-state index in [0.29, 0.717) is 6.54 Å². The third-order valence-electron chi connectivity index (χ3n) is 3.51. The Morgan fingerprint density at radius 2 is 2.05 bits per heavy atom. The van der Waals surface area contributed by atoms with E-state index in [9.17, 15) is 0 Å². The van der Waals surface area contributed by atoms with Gasteiger partial charge in [0.2, 0.25) is 0 Å². The van der Waals surface area contributed by atoms with Crippen molar-refractivity contribution in [2.75, 3.05) is 19.6 Å². The molecule has 2 unspecified atom stereocenters. The smallest absolute Gasteiger partial charge is 0.0757 e. The fraction of sp³-hybridized carbons (Fsp3) is 0.600. The lowest BCUT2D eigenvalue weighted by Crippen LogP contribution is -2.53. The van der Waals surface area contributed by atoms with Gasteiger partial charge in [-0.15, -0.1) is 0 Å². The van der Waals surface area contributed by atoms with E-state index < -0.39 is 0 Å². The number of halogens is 1. The van der Waals surface area contributed by atoms with Crippen LogP contribution in [0.25, 0.3) is 0 Å². The van der Waals surface area contributed by atoms with Gasteiger partial charge in [-0.25, -0.2) is 0 Å². The molecule has 0 saturated carbocycles. The van der Waals surface area contributed by atoms with Gasteiger partial charge in [-0.3, -0.25) is 4.90 Å². The molecule has 0 aromatic heterocycles.